The van der Waals surface area contributed by atoms with Gasteiger partial charge in [0, 0.05) is 18.8 Å². The highest BCUT2D eigenvalue weighted by Crippen LogP contribution is 2.33. The standard InChI is InChI=1S/C16H23NO2/c1-11(2)14-8-4-6-12(3)15(14)17-9-5-7-13(10-17)16(18)19/h4,6,8,11,13H,5,7,9-10H2,1-3H3,(H,18,19). The van der Waals surface area contributed by atoms with Gasteiger partial charge in [-0.1, -0.05) is 32.0 Å². The number of aryl methyl sites for hydroxylation is 1. The first-order valence-corrected chi connectivity index (χ1v) is 7.08. The Morgan fingerprint density at radius 2 is 2.16 bits per heavy atom. The summed E-state index contributed by atoms with van der Waals surface area (Å²) in [4.78, 5) is 13.5. The number of rotatable bonds is 3. The van der Waals surface area contributed by atoms with Crippen LogP contribution in [0.25, 0.3) is 0 Å². The van der Waals surface area contributed by atoms with E-state index in [9.17, 15) is 9.90 Å². The Hall–Kier alpha value is -1.51. The first-order valence-electron chi connectivity index (χ1n) is 7.08. The third kappa shape index (κ3) is 2.91. The lowest BCUT2D eigenvalue weighted by atomic mass is 9.93. The summed E-state index contributed by atoms with van der Waals surface area (Å²) in [6.07, 6.45) is 1.76. The normalized spacial score (nSPS) is 19.8. The number of hydrogen-bond acceptors (Lipinski definition) is 2. The van der Waals surface area contributed by atoms with E-state index in [2.05, 4.69) is 43.9 Å². The average Bonchev–Trinajstić information content (AvgIpc) is 2.38. The van der Waals surface area contributed by atoms with Gasteiger partial charge in [0.25, 0.3) is 0 Å². The molecule has 104 valence electrons. The van der Waals surface area contributed by atoms with Crippen LogP contribution in [0, 0.1) is 12.8 Å². The number of carboxylic acid groups (broad SMARTS) is 1. The van der Waals surface area contributed by atoms with Crippen molar-refractivity contribution in [2.75, 3.05) is 18.0 Å². The smallest absolute Gasteiger partial charge is 0.308 e. The zero-order chi connectivity index (χ0) is 14.0. The minimum Gasteiger partial charge on any atom is -0.481 e. The van der Waals surface area contributed by atoms with Crippen LogP contribution in [0.1, 0.15) is 43.7 Å². The van der Waals surface area contributed by atoms with E-state index in [4.69, 9.17) is 0 Å². The van der Waals surface area contributed by atoms with Crippen LogP contribution in [0.2, 0.25) is 0 Å². The van der Waals surface area contributed by atoms with Gasteiger partial charge in [0.05, 0.1) is 5.92 Å². The van der Waals surface area contributed by atoms with Crippen LogP contribution in [-0.4, -0.2) is 24.2 Å². The highest BCUT2D eigenvalue weighted by Gasteiger charge is 2.27. The molecule has 1 aliphatic heterocycles. The molecule has 0 saturated carbocycles. The zero-order valence-electron chi connectivity index (χ0n) is 12.0. The van der Waals surface area contributed by atoms with E-state index in [-0.39, 0.29) is 5.92 Å². The maximum absolute atomic E-state index is 11.2. The number of carboxylic acids is 1. The van der Waals surface area contributed by atoms with Gasteiger partial charge in [-0.15, -0.1) is 0 Å². The molecular formula is C16H23NO2. The lowest BCUT2D eigenvalue weighted by Crippen LogP contribution is -2.39. The number of benzene rings is 1. The number of carbonyl (C=O) groups is 1. The lowest BCUT2D eigenvalue weighted by molar-refractivity contribution is -0.141. The van der Waals surface area contributed by atoms with Crippen LogP contribution in [0.3, 0.4) is 0 Å². The van der Waals surface area contributed by atoms with Crippen molar-refractivity contribution in [1.82, 2.24) is 0 Å². The largest absolute Gasteiger partial charge is 0.481 e. The second-order valence-electron chi connectivity index (χ2n) is 5.79. The Balaban J connectivity index is 2.33. The first-order chi connectivity index (χ1) is 9.00. The van der Waals surface area contributed by atoms with Crippen molar-refractivity contribution in [3.63, 3.8) is 0 Å². The summed E-state index contributed by atoms with van der Waals surface area (Å²) in [5.41, 5.74) is 3.83. The molecule has 0 spiro atoms. The molecule has 0 aromatic heterocycles. The van der Waals surface area contributed by atoms with Crippen LogP contribution in [0.5, 0.6) is 0 Å². The summed E-state index contributed by atoms with van der Waals surface area (Å²) in [5, 5.41) is 9.22. The third-order valence-electron chi connectivity index (χ3n) is 3.98. The molecule has 1 heterocycles. The SMILES string of the molecule is Cc1cccc(C(C)C)c1N1CCCC(C(=O)O)C1. The zero-order valence-corrected chi connectivity index (χ0v) is 12.0. The molecule has 19 heavy (non-hydrogen) atoms. The summed E-state index contributed by atoms with van der Waals surface area (Å²) in [6.45, 7) is 8.10. The Kier molecular flexibility index (Phi) is 4.13. The number of piperidine rings is 1. The minimum atomic E-state index is -0.663. The number of nitrogens with zero attached hydrogens (tertiary/aromatic N) is 1. The van der Waals surface area contributed by atoms with E-state index in [1.165, 1.54) is 16.8 Å². The lowest BCUT2D eigenvalue weighted by Gasteiger charge is -2.35. The highest BCUT2D eigenvalue weighted by atomic mass is 16.4. The van der Waals surface area contributed by atoms with E-state index in [0.29, 0.717) is 12.5 Å². The fourth-order valence-corrected chi connectivity index (χ4v) is 2.96. The van der Waals surface area contributed by atoms with Crippen molar-refractivity contribution in [2.24, 2.45) is 5.92 Å². The molecule has 0 aliphatic carbocycles. The third-order valence-corrected chi connectivity index (χ3v) is 3.98. The molecule has 3 nitrogen and oxygen atoms in total. The molecule has 0 radical (unpaired) electrons. The molecule has 0 bridgehead atoms. The van der Waals surface area contributed by atoms with Gasteiger partial charge in [0.1, 0.15) is 0 Å². The van der Waals surface area contributed by atoms with Gasteiger partial charge < -0.3 is 10.0 Å². The molecule has 1 aliphatic rings. The van der Waals surface area contributed by atoms with Crippen molar-refractivity contribution in [3.05, 3.63) is 29.3 Å². The van der Waals surface area contributed by atoms with Gasteiger partial charge in [-0.2, -0.15) is 0 Å². The van der Waals surface area contributed by atoms with Crippen molar-refractivity contribution in [2.45, 2.75) is 39.5 Å². The summed E-state index contributed by atoms with van der Waals surface area (Å²) in [7, 11) is 0. The van der Waals surface area contributed by atoms with Crippen LogP contribution >= 0.6 is 0 Å². The molecule has 0 amide bonds. The monoisotopic (exact) mass is 261 g/mol. The highest BCUT2D eigenvalue weighted by molar-refractivity contribution is 5.72. The van der Waals surface area contributed by atoms with E-state index in [0.717, 1.165) is 19.4 Å². The molecule has 1 unspecified atom stereocenters. The molecule has 1 atom stereocenters. The molecular weight excluding hydrogens is 238 g/mol. The van der Waals surface area contributed by atoms with Crippen LogP contribution in [0.15, 0.2) is 18.2 Å². The van der Waals surface area contributed by atoms with Gasteiger partial charge in [-0.05, 0) is 36.8 Å². The number of aliphatic carboxylic acids is 1. The average molecular weight is 261 g/mol. The van der Waals surface area contributed by atoms with Crippen LogP contribution in [0.4, 0.5) is 5.69 Å². The van der Waals surface area contributed by atoms with E-state index in [1.807, 2.05) is 0 Å². The predicted molar refractivity (Wildman–Crippen MR) is 77.8 cm³/mol. The molecule has 3 heteroatoms. The predicted octanol–water partition coefficient (Wildman–Crippen LogP) is 3.42. The van der Waals surface area contributed by atoms with Crippen molar-refractivity contribution >= 4 is 11.7 Å². The van der Waals surface area contributed by atoms with E-state index >= 15 is 0 Å². The number of anilines is 1. The second kappa shape index (κ2) is 5.64. The van der Waals surface area contributed by atoms with Crippen molar-refractivity contribution in [3.8, 4) is 0 Å². The van der Waals surface area contributed by atoms with Crippen molar-refractivity contribution in [1.29, 1.82) is 0 Å². The van der Waals surface area contributed by atoms with E-state index in [1.54, 1.807) is 0 Å². The van der Waals surface area contributed by atoms with Gasteiger partial charge in [-0.3, -0.25) is 4.79 Å². The maximum Gasteiger partial charge on any atom is 0.308 e. The molecule has 1 fully saturated rings. The summed E-state index contributed by atoms with van der Waals surface area (Å²) >= 11 is 0. The quantitative estimate of drug-likeness (QED) is 0.906. The number of hydrogen-bond donors (Lipinski definition) is 1. The topological polar surface area (TPSA) is 40.5 Å². The summed E-state index contributed by atoms with van der Waals surface area (Å²) in [5.74, 6) is -0.433. The molecule has 1 aromatic carbocycles. The van der Waals surface area contributed by atoms with Gasteiger partial charge in [0.15, 0.2) is 0 Å². The Morgan fingerprint density at radius 1 is 1.42 bits per heavy atom. The fraction of sp³-hybridized carbons (Fsp3) is 0.562. The van der Waals surface area contributed by atoms with Gasteiger partial charge in [0.2, 0.25) is 0 Å². The second-order valence-corrected chi connectivity index (χ2v) is 5.79. The Morgan fingerprint density at radius 3 is 2.79 bits per heavy atom. The maximum atomic E-state index is 11.2. The summed E-state index contributed by atoms with van der Waals surface area (Å²) < 4.78 is 0. The van der Waals surface area contributed by atoms with Crippen LogP contribution in [-0.2, 0) is 4.79 Å². The first kappa shape index (κ1) is 13.9. The van der Waals surface area contributed by atoms with Crippen LogP contribution < -0.4 is 4.90 Å². The minimum absolute atomic E-state index is 0.228. The Bertz CT molecular complexity index is 468. The fourth-order valence-electron chi connectivity index (χ4n) is 2.96. The van der Waals surface area contributed by atoms with Crippen molar-refractivity contribution < 1.29 is 9.90 Å². The number of para-hydroxylation sites is 1. The molecule has 1 N–H and O–H groups in total. The Labute approximate surface area is 115 Å². The van der Waals surface area contributed by atoms with Gasteiger partial charge in [-0.25, -0.2) is 0 Å². The molecule has 1 aromatic rings. The molecule has 2 rings (SSSR count). The van der Waals surface area contributed by atoms with E-state index < -0.39 is 5.97 Å². The van der Waals surface area contributed by atoms with Gasteiger partial charge >= 0.3 is 5.97 Å². The summed E-state index contributed by atoms with van der Waals surface area (Å²) in [6, 6.07) is 6.37. The molecule has 1 saturated heterocycles.